The molecule has 0 amide bonds. The molecule has 0 nitrogen and oxygen atoms in total. The Morgan fingerprint density at radius 2 is 0.515 bits per heavy atom. The van der Waals surface area contributed by atoms with Crippen molar-refractivity contribution in [2.75, 3.05) is 0 Å². The molecule has 66 heavy (non-hydrogen) atoms. The summed E-state index contributed by atoms with van der Waals surface area (Å²) in [6.07, 6.45) is 4.49. The highest BCUT2D eigenvalue weighted by molar-refractivity contribution is 6.23. The van der Waals surface area contributed by atoms with Gasteiger partial charge < -0.3 is 0 Å². The van der Waals surface area contributed by atoms with Crippen molar-refractivity contribution >= 4 is 55.2 Å². The van der Waals surface area contributed by atoms with Gasteiger partial charge in [-0.05, 0) is 139 Å². The predicted octanol–water partition coefficient (Wildman–Crippen LogP) is 18.5. The largest absolute Gasteiger partial charge is 0.0622 e. The molecular weight excluding hydrogens is 793 g/mol. The van der Waals surface area contributed by atoms with Crippen molar-refractivity contribution in [3.8, 4) is 66.8 Å². The van der Waals surface area contributed by atoms with E-state index in [1.165, 1.54) is 110 Å². The van der Waals surface area contributed by atoms with Crippen LogP contribution in [0.5, 0.6) is 0 Å². The zero-order chi connectivity index (χ0) is 43.8. The lowest BCUT2D eigenvalue weighted by atomic mass is 9.84. The molecule has 0 atom stereocenters. The third-order valence-corrected chi connectivity index (χ3v) is 13.2. The Labute approximate surface area is 386 Å². The van der Waals surface area contributed by atoms with Gasteiger partial charge in [-0.15, -0.1) is 0 Å². The first-order valence-corrected chi connectivity index (χ1v) is 22.8. The molecule has 0 saturated carbocycles. The van der Waals surface area contributed by atoms with Crippen LogP contribution in [0.1, 0.15) is 11.1 Å². The second kappa shape index (κ2) is 16.8. The van der Waals surface area contributed by atoms with E-state index in [2.05, 4.69) is 267 Å². The van der Waals surface area contributed by atoms with Crippen LogP contribution in [0.25, 0.3) is 122 Å². The van der Waals surface area contributed by atoms with E-state index in [1.807, 2.05) is 0 Å². The summed E-state index contributed by atoms with van der Waals surface area (Å²) in [6.45, 7) is 0. The molecule has 0 saturated heterocycles. The number of hydrogen-bond donors (Lipinski definition) is 0. The third-order valence-electron chi connectivity index (χ3n) is 13.2. The van der Waals surface area contributed by atoms with Gasteiger partial charge in [0, 0.05) is 0 Å². The van der Waals surface area contributed by atoms with Crippen LogP contribution in [0.2, 0.25) is 0 Å². The zero-order valence-electron chi connectivity index (χ0n) is 36.4. The Morgan fingerprint density at radius 1 is 0.182 bits per heavy atom. The molecule has 0 aromatic heterocycles. The van der Waals surface area contributed by atoms with Gasteiger partial charge in [-0.3, -0.25) is 0 Å². The maximum atomic E-state index is 2.40. The van der Waals surface area contributed by atoms with Crippen LogP contribution in [-0.2, 0) is 0 Å². The van der Waals surface area contributed by atoms with E-state index in [4.69, 9.17) is 0 Å². The van der Waals surface area contributed by atoms with Crippen LogP contribution in [0.4, 0.5) is 0 Å². The van der Waals surface area contributed by atoms with Crippen LogP contribution in [-0.4, -0.2) is 0 Å². The summed E-state index contributed by atoms with van der Waals surface area (Å²) >= 11 is 0. The molecule has 0 spiro atoms. The fourth-order valence-corrected chi connectivity index (χ4v) is 10.3. The van der Waals surface area contributed by atoms with Gasteiger partial charge in [-0.1, -0.05) is 249 Å². The van der Waals surface area contributed by atoms with Crippen molar-refractivity contribution in [3.05, 3.63) is 266 Å². The molecule has 12 aromatic rings. The van der Waals surface area contributed by atoms with Crippen molar-refractivity contribution in [2.24, 2.45) is 0 Å². The van der Waals surface area contributed by atoms with Crippen molar-refractivity contribution in [3.63, 3.8) is 0 Å². The maximum absolute atomic E-state index is 2.40. The average Bonchev–Trinajstić information content (AvgIpc) is 3.39. The summed E-state index contributed by atoms with van der Waals surface area (Å²) in [7, 11) is 0. The minimum Gasteiger partial charge on any atom is -0.0622 e. The molecule has 12 aromatic carbocycles. The summed E-state index contributed by atoms with van der Waals surface area (Å²) in [6, 6.07) is 93.0. The van der Waals surface area contributed by atoms with E-state index < -0.39 is 0 Å². The molecule has 0 unspecified atom stereocenters. The van der Waals surface area contributed by atoms with Crippen molar-refractivity contribution < 1.29 is 0 Å². The van der Waals surface area contributed by atoms with Crippen LogP contribution in [0.3, 0.4) is 0 Å². The number of hydrogen-bond acceptors (Lipinski definition) is 0. The van der Waals surface area contributed by atoms with Crippen LogP contribution < -0.4 is 0 Å². The summed E-state index contributed by atoms with van der Waals surface area (Å²) in [5, 5.41) is 10.1. The fraction of sp³-hybridized carbons (Fsp3) is 0. The predicted molar refractivity (Wildman–Crippen MR) is 284 cm³/mol. The zero-order valence-corrected chi connectivity index (χ0v) is 36.4. The molecule has 308 valence electrons. The van der Waals surface area contributed by atoms with Crippen molar-refractivity contribution in [1.82, 2.24) is 0 Å². The highest BCUT2D eigenvalue weighted by Gasteiger charge is 2.20. The summed E-state index contributed by atoms with van der Waals surface area (Å²) < 4.78 is 0. The van der Waals surface area contributed by atoms with Gasteiger partial charge in [-0.2, -0.15) is 0 Å². The molecule has 0 N–H and O–H groups in total. The van der Waals surface area contributed by atoms with Gasteiger partial charge >= 0.3 is 0 Å². The van der Waals surface area contributed by atoms with Gasteiger partial charge in [0.1, 0.15) is 0 Å². The normalized spacial score (nSPS) is 11.6. The first-order chi connectivity index (χ1) is 32.8. The highest BCUT2D eigenvalue weighted by Crippen LogP contribution is 2.47. The molecule has 0 radical (unpaired) electrons. The van der Waals surface area contributed by atoms with Crippen molar-refractivity contribution in [1.29, 1.82) is 0 Å². The minimum absolute atomic E-state index is 1.15. The first kappa shape index (κ1) is 39.0. The highest BCUT2D eigenvalue weighted by atomic mass is 14.2. The molecule has 0 bridgehead atoms. The van der Waals surface area contributed by atoms with E-state index in [1.54, 1.807) is 0 Å². The lowest BCUT2D eigenvalue weighted by molar-refractivity contribution is 1.59. The quantitative estimate of drug-likeness (QED) is 0.106. The summed E-state index contributed by atoms with van der Waals surface area (Å²) in [5.74, 6) is 0. The second-order valence-electron chi connectivity index (χ2n) is 17.1. The van der Waals surface area contributed by atoms with Gasteiger partial charge in [0.2, 0.25) is 0 Å². The molecule has 0 heteroatoms. The molecule has 0 heterocycles. The molecule has 0 fully saturated rings. The Morgan fingerprint density at radius 3 is 1.00 bits per heavy atom. The first-order valence-electron chi connectivity index (χ1n) is 22.8. The van der Waals surface area contributed by atoms with Crippen molar-refractivity contribution in [2.45, 2.75) is 0 Å². The number of rotatable bonds is 8. The third kappa shape index (κ3) is 6.97. The number of fused-ring (bicyclic) bond motifs is 4. The van der Waals surface area contributed by atoms with Crippen LogP contribution in [0.15, 0.2) is 255 Å². The molecule has 0 aliphatic heterocycles. The van der Waals surface area contributed by atoms with E-state index in [-0.39, 0.29) is 0 Å². The molecule has 12 rings (SSSR count). The molecule has 0 aliphatic carbocycles. The van der Waals surface area contributed by atoms with E-state index in [0.717, 1.165) is 11.1 Å². The Bertz CT molecular complexity index is 3730. The minimum atomic E-state index is 1.15. The lowest BCUT2D eigenvalue weighted by Crippen LogP contribution is -1.92. The Kier molecular flexibility index (Phi) is 9.97. The Balaban J connectivity index is 0.931. The molecule has 0 aliphatic rings. The monoisotopic (exact) mass is 836 g/mol. The van der Waals surface area contributed by atoms with E-state index >= 15 is 0 Å². The van der Waals surface area contributed by atoms with Gasteiger partial charge in [0.25, 0.3) is 0 Å². The standard InChI is InChI=1S/C66H44/c1-4-22-47(23-5-1)63-57-34-14-16-36-59(57)66(60-37-17-15-35-58(60)63)54-31-11-10-30-53(54)52-29-19-21-46(43-52)39-38-45-20-18-28-50(42-45)51-40-41-61-62(44-51)65(49-26-8-3-9-27-49)56-33-13-12-32-55(56)64(61)48-24-6-2-7-25-48/h1-44H. The topological polar surface area (TPSA) is 0 Å². The maximum Gasteiger partial charge on any atom is -0.00201 e. The van der Waals surface area contributed by atoms with Crippen LogP contribution >= 0.6 is 0 Å². The second-order valence-corrected chi connectivity index (χ2v) is 17.1. The molecular formula is C66H44. The average molecular weight is 837 g/mol. The van der Waals surface area contributed by atoms with Gasteiger partial charge in [0.15, 0.2) is 0 Å². The summed E-state index contributed by atoms with van der Waals surface area (Å²) in [4.78, 5) is 0. The van der Waals surface area contributed by atoms with Gasteiger partial charge in [0.05, 0.1) is 0 Å². The van der Waals surface area contributed by atoms with E-state index in [9.17, 15) is 0 Å². The van der Waals surface area contributed by atoms with E-state index in [0.29, 0.717) is 0 Å². The SMILES string of the molecule is C(=Cc1cccc(-c2ccccc2-c2c3ccccc3c(-c3ccccc3)c3ccccc23)c1)c1cccc(-c2ccc3c(-c4ccccc4)c4ccccc4c(-c4ccccc4)c3c2)c1. The fourth-order valence-electron chi connectivity index (χ4n) is 10.3. The number of benzene rings is 12. The lowest BCUT2D eigenvalue weighted by Gasteiger charge is -2.19. The smallest absolute Gasteiger partial charge is 0.00201 e. The summed E-state index contributed by atoms with van der Waals surface area (Å²) in [5.41, 5.74) is 17.1. The van der Waals surface area contributed by atoms with Crippen LogP contribution in [0, 0.1) is 0 Å². The van der Waals surface area contributed by atoms with Gasteiger partial charge in [-0.25, -0.2) is 0 Å². The Hall–Kier alpha value is -8.58.